The molecule has 2 aromatic rings. The molecule has 0 aliphatic heterocycles. The topological polar surface area (TPSA) is 85.1 Å². The summed E-state index contributed by atoms with van der Waals surface area (Å²) in [6.07, 6.45) is 3.05. The number of benzene rings is 1. The second-order valence-corrected chi connectivity index (χ2v) is 5.90. The van der Waals surface area contributed by atoms with Crippen LogP contribution >= 0.6 is 0 Å². The third-order valence-corrected chi connectivity index (χ3v) is 3.14. The Labute approximate surface area is 128 Å². The molecule has 1 N–H and O–H groups in total. The average Bonchev–Trinajstić information content (AvgIpc) is 2.46. The number of rotatable bonds is 3. The Morgan fingerprint density at radius 3 is 2.50 bits per heavy atom. The highest BCUT2D eigenvalue weighted by molar-refractivity contribution is 5.98. The van der Waals surface area contributed by atoms with E-state index in [4.69, 9.17) is 0 Å². The molecule has 22 heavy (non-hydrogen) atoms. The van der Waals surface area contributed by atoms with Crippen LogP contribution in [0.4, 0.5) is 11.4 Å². The maximum Gasteiger partial charge on any atom is 0.277 e. The number of nitrogens with zero attached hydrogens (tertiary/aromatic N) is 2. The molecule has 0 saturated heterocycles. The molecule has 6 nitrogen and oxygen atoms in total. The van der Waals surface area contributed by atoms with Crippen LogP contribution in [-0.4, -0.2) is 15.8 Å². The lowest BCUT2D eigenvalue weighted by molar-refractivity contribution is -0.384. The van der Waals surface area contributed by atoms with Crippen molar-refractivity contribution in [3.63, 3.8) is 0 Å². The second-order valence-electron chi connectivity index (χ2n) is 5.90. The lowest BCUT2D eigenvalue weighted by Gasteiger charge is -2.19. The number of amides is 1. The smallest absolute Gasteiger partial charge is 0.277 e. The van der Waals surface area contributed by atoms with Gasteiger partial charge in [-0.3, -0.25) is 19.9 Å². The lowest BCUT2D eigenvalue weighted by atomic mass is 9.95. The van der Waals surface area contributed by atoms with Gasteiger partial charge in [0.05, 0.1) is 16.2 Å². The standard InChI is InChI=1S/C16H17N3O3/c1-16(2,3)15(20)18-13-8-9-17-10-12(13)11-6-4-5-7-14(11)19(21)22/h4-10H,1-3H3,(H,17,18,20). The number of aromatic nitrogens is 1. The van der Waals surface area contributed by atoms with Crippen LogP contribution in [0.3, 0.4) is 0 Å². The van der Waals surface area contributed by atoms with Crippen LogP contribution < -0.4 is 5.32 Å². The number of carbonyl (C=O) groups is 1. The first-order valence-corrected chi connectivity index (χ1v) is 6.80. The van der Waals surface area contributed by atoms with Crippen molar-refractivity contribution in [3.8, 4) is 11.1 Å². The van der Waals surface area contributed by atoms with Crippen LogP contribution in [0, 0.1) is 15.5 Å². The Morgan fingerprint density at radius 2 is 1.86 bits per heavy atom. The quantitative estimate of drug-likeness (QED) is 0.692. The molecule has 1 aromatic carbocycles. The minimum atomic E-state index is -0.566. The van der Waals surface area contributed by atoms with Crippen LogP contribution in [0.2, 0.25) is 0 Å². The average molecular weight is 299 g/mol. The molecule has 0 fully saturated rings. The van der Waals surface area contributed by atoms with Crippen LogP contribution in [0.15, 0.2) is 42.7 Å². The van der Waals surface area contributed by atoms with Crippen LogP contribution in [0.5, 0.6) is 0 Å². The highest BCUT2D eigenvalue weighted by Crippen LogP contribution is 2.34. The molecule has 1 aromatic heterocycles. The third kappa shape index (κ3) is 3.28. The fourth-order valence-corrected chi connectivity index (χ4v) is 1.89. The summed E-state index contributed by atoms with van der Waals surface area (Å²) >= 11 is 0. The summed E-state index contributed by atoms with van der Waals surface area (Å²) in [4.78, 5) is 26.9. The molecule has 0 spiro atoms. The van der Waals surface area contributed by atoms with Gasteiger partial charge in [-0.2, -0.15) is 0 Å². The molecule has 1 amide bonds. The first kappa shape index (κ1) is 15.6. The van der Waals surface area contributed by atoms with E-state index in [1.54, 1.807) is 45.0 Å². The van der Waals surface area contributed by atoms with Gasteiger partial charge < -0.3 is 5.32 Å². The molecular formula is C16H17N3O3. The Bertz CT molecular complexity index is 721. The third-order valence-electron chi connectivity index (χ3n) is 3.14. The van der Waals surface area contributed by atoms with Gasteiger partial charge in [-0.1, -0.05) is 32.9 Å². The van der Waals surface area contributed by atoms with E-state index in [9.17, 15) is 14.9 Å². The van der Waals surface area contributed by atoms with Gasteiger partial charge >= 0.3 is 0 Å². The number of carbonyl (C=O) groups excluding carboxylic acids is 1. The highest BCUT2D eigenvalue weighted by Gasteiger charge is 2.23. The molecule has 2 rings (SSSR count). The maximum absolute atomic E-state index is 12.2. The molecule has 0 aliphatic rings. The summed E-state index contributed by atoms with van der Waals surface area (Å²) in [6, 6.07) is 8.02. The highest BCUT2D eigenvalue weighted by atomic mass is 16.6. The minimum absolute atomic E-state index is 0.0262. The largest absolute Gasteiger partial charge is 0.325 e. The van der Waals surface area contributed by atoms with E-state index in [1.807, 2.05) is 0 Å². The van der Waals surface area contributed by atoms with Crippen LogP contribution in [0.1, 0.15) is 20.8 Å². The van der Waals surface area contributed by atoms with Crippen molar-refractivity contribution >= 4 is 17.3 Å². The number of anilines is 1. The predicted octanol–water partition coefficient (Wildman–Crippen LogP) is 3.64. The predicted molar refractivity (Wildman–Crippen MR) is 84.4 cm³/mol. The number of para-hydroxylation sites is 1. The molecule has 0 aliphatic carbocycles. The summed E-state index contributed by atoms with van der Waals surface area (Å²) < 4.78 is 0. The molecule has 0 unspecified atom stereocenters. The van der Waals surface area contributed by atoms with E-state index >= 15 is 0 Å². The summed E-state index contributed by atoms with van der Waals surface area (Å²) in [5.74, 6) is -0.168. The molecule has 114 valence electrons. The molecule has 0 atom stereocenters. The van der Waals surface area contributed by atoms with Gasteiger partial charge in [0.2, 0.25) is 5.91 Å². The zero-order valence-electron chi connectivity index (χ0n) is 12.7. The zero-order valence-corrected chi connectivity index (χ0v) is 12.7. The number of hydrogen-bond acceptors (Lipinski definition) is 4. The minimum Gasteiger partial charge on any atom is -0.325 e. The Hall–Kier alpha value is -2.76. The van der Waals surface area contributed by atoms with E-state index in [0.717, 1.165) is 0 Å². The van der Waals surface area contributed by atoms with Crippen LogP contribution in [0.25, 0.3) is 11.1 Å². The Kier molecular flexibility index (Phi) is 4.21. The number of nitro groups is 1. The SMILES string of the molecule is CC(C)(C)C(=O)Nc1ccncc1-c1ccccc1[N+](=O)[O-]. The first-order valence-electron chi connectivity index (χ1n) is 6.80. The van der Waals surface area contributed by atoms with Crippen molar-refractivity contribution < 1.29 is 9.72 Å². The zero-order chi connectivity index (χ0) is 16.3. The Morgan fingerprint density at radius 1 is 1.18 bits per heavy atom. The van der Waals surface area contributed by atoms with Gasteiger partial charge in [0.25, 0.3) is 5.69 Å². The van der Waals surface area contributed by atoms with Gasteiger partial charge in [0.15, 0.2) is 0 Å². The number of pyridine rings is 1. The van der Waals surface area contributed by atoms with E-state index in [1.165, 1.54) is 18.5 Å². The normalized spacial score (nSPS) is 11.0. The summed E-state index contributed by atoms with van der Waals surface area (Å²) in [5, 5.41) is 14.0. The van der Waals surface area contributed by atoms with Crippen molar-refractivity contribution in [2.45, 2.75) is 20.8 Å². The van der Waals surface area contributed by atoms with E-state index in [0.29, 0.717) is 16.8 Å². The number of nitrogens with one attached hydrogen (secondary N) is 1. The van der Waals surface area contributed by atoms with Gasteiger partial charge in [-0.05, 0) is 12.1 Å². The van der Waals surface area contributed by atoms with Gasteiger partial charge in [-0.15, -0.1) is 0 Å². The molecular weight excluding hydrogens is 282 g/mol. The number of nitro benzene ring substituents is 1. The van der Waals surface area contributed by atoms with Gasteiger partial charge in [-0.25, -0.2) is 0 Å². The maximum atomic E-state index is 12.2. The van der Waals surface area contributed by atoms with Crippen molar-refractivity contribution in [3.05, 3.63) is 52.8 Å². The van der Waals surface area contributed by atoms with E-state index in [2.05, 4.69) is 10.3 Å². The molecule has 0 bridgehead atoms. The van der Waals surface area contributed by atoms with Crippen molar-refractivity contribution in [1.82, 2.24) is 4.98 Å². The molecule has 0 radical (unpaired) electrons. The summed E-state index contributed by atoms with van der Waals surface area (Å²) in [5.41, 5.74) is 0.853. The fraction of sp³-hybridized carbons (Fsp3) is 0.250. The van der Waals surface area contributed by atoms with E-state index in [-0.39, 0.29) is 11.6 Å². The fourth-order valence-electron chi connectivity index (χ4n) is 1.89. The second kappa shape index (κ2) is 5.93. The van der Waals surface area contributed by atoms with E-state index < -0.39 is 10.3 Å². The number of hydrogen-bond donors (Lipinski definition) is 1. The monoisotopic (exact) mass is 299 g/mol. The van der Waals surface area contributed by atoms with Gasteiger partial charge in [0, 0.05) is 29.4 Å². The Balaban J connectivity index is 2.50. The van der Waals surface area contributed by atoms with Crippen molar-refractivity contribution in [2.24, 2.45) is 5.41 Å². The molecule has 1 heterocycles. The summed E-state index contributed by atoms with van der Waals surface area (Å²) in [6.45, 7) is 5.40. The van der Waals surface area contributed by atoms with Crippen molar-refractivity contribution in [1.29, 1.82) is 0 Å². The van der Waals surface area contributed by atoms with Crippen LogP contribution in [-0.2, 0) is 4.79 Å². The van der Waals surface area contributed by atoms with Gasteiger partial charge in [0.1, 0.15) is 0 Å². The lowest BCUT2D eigenvalue weighted by Crippen LogP contribution is -2.27. The molecule has 6 heteroatoms. The first-order chi connectivity index (χ1) is 10.3. The van der Waals surface area contributed by atoms with Crippen molar-refractivity contribution in [2.75, 3.05) is 5.32 Å². The summed E-state index contributed by atoms with van der Waals surface area (Å²) in [7, 11) is 0. The molecule has 0 saturated carbocycles.